The standard InChI is InChI=1S/C21H16ClN3O4/c1-28-15-5-2-4-14(11-15)24-19(26)12-25-17-10-13(22)7-8-18(17)29-20-16(21(25)27)6-3-9-23-20/h2-11H,12H2,1H3,(H,24,26). The molecule has 146 valence electrons. The van der Waals surface area contributed by atoms with Crippen molar-refractivity contribution < 1.29 is 19.1 Å². The Morgan fingerprint density at radius 1 is 1.21 bits per heavy atom. The Labute approximate surface area is 171 Å². The zero-order chi connectivity index (χ0) is 20.4. The maximum Gasteiger partial charge on any atom is 0.264 e. The summed E-state index contributed by atoms with van der Waals surface area (Å²) in [5.74, 6) is 0.380. The first-order valence-corrected chi connectivity index (χ1v) is 9.11. The number of rotatable bonds is 4. The summed E-state index contributed by atoms with van der Waals surface area (Å²) in [6.45, 7) is -0.235. The highest BCUT2D eigenvalue weighted by molar-refractivity contribution is 6.31. The highest BCUT2D eigenvalue weighted by Gasteiger charge is 2.30. The molecule has 2 heterocycles. The summed E-state index contributed by atoms with van der Waals surface area (Å²) in [5.41, 5.74) is 1.21. The van der Waals surface area contributed by atoms with Crippen LogP contribution in [0.25, 0.3) is 0 Å². The van der Waals surface area contributed by atoms with E-state index in [2.05, 4.69) is 10.3 Å². The summed E-state index contributed by atoms with van der Waals surface area (Å²) in [6, 6.07) is 15.1. The zero-order valence-corrected chi connectivity index (χ0v) is 16.1. The number of benzene rings is 2. The summed E-state index contributed by atoms with van der Waals surface area (Å²) in [6.07, 6.45) is 1.53. The number of pyridine rings is 1. The van der Waals surface area contributed by atoms with Gasteiger partial charge in [0.2, 0.25) is 11.8 Å². The number of aromatic nitrogens is 1. The third-order valence-corrected chi connectivity index (χ3v) is 4.56. The molecule has 0 bridgehead atoms. The van der Waals surface area contributed by atoms with Crippen LogP contribution in [-0.4, -0.2) is 30.5 Å². The number of amides is 2. The Bertz CT molecular complexity index is 1100. The maximum absolute atomic E-state index is 13.2. The minimum atomic E-state index is -0.407. The monoisotopic (exact) mass is 409 g/mol. The fraction of sp³-hybridized carbons (Fsp3) is 0.0952. The van der Waals surface area contributed by atoms with Gasteiger partial charge < -0.3 is 14.8 Å². The Hall–Kier alpha value is -3.58. The number of hydrogen-bond acceptors (Lipinski definition) is 5. The van der Waals surface area contributed by atoms with Gasteiger partial charge in [0, 0.05) is 23.0 Å². The van der Waals surface area contributed by atoms with Crippen LogP contribution >= 0.6 is 11.6 Å². The van der Waals surface area contributed by atoms with Gasteiger partial charge >= 0.3 is 0 Å². The molecule has 0 unspecified atom stereocenters. The number of anilines is 2. The number of carbonyl (C=O) groups excluding carboxylic acids is 2. The molecule has 1 aliphatic rings. The van der Waals surface area contributed by atoms with Crippen LogP contribution in [-0.2, 0) is 4.79 Å². The van der Waals surface area contributed by atoms with E-state index in [0.29, 0.717) is 27.9 Å². The summed E-state index contributed by atoms with van der Waals surface area (Å²) in [7, 11) is 1.54. The van der Waals surface area contributed by atoms with Gasteiger partial charge in [-0.15, -0.1) is 0 Å². The first-order valence-electron chi connectivity index (χ1n) is 8.73. The van der Waals surface area contributed by atoms with Crippen molar-refractivity contribution in [3.8, 4) is 17.4 Å². The van der Waals surface area contributed by atoms with Gasteiger partial charge in [0.25, 0.3) is 5.91 Å². The lowest BCUT2D eigenvalue weighted by Crippen LogP contribution is -2.37. The van der Waals surface area contributed by atoms with Crippen molar-refractivity contribution in [2.75, 3.05) is 23.9 Å². The summed E-state index contributed by atoms with van der Waals surface area (Å²) in [4.78, 5) is 31.3. The molecular formula is C21H16ClN3O4. The minimum absolute atomic E-state index is 0.178. The Balaban J connectivity index is 1.66. The predicted octanol–water partition coefficient (Wildman–Crippen LogP) is 4.13. The largest absolute Gasteiger partial charge is 0.497 e. The van der Waals surface area contributed by atoms with Crippen LogP contribution in [0.5, 0.6) is 17.4 Å². The van der Waals surface area contributed by atoms with Crippen LogP contribution in [0.2, 0.25) is 5.02 Å². The van der Waals surface area contributed by atoms with Crippen LogP contribution in [0, 0.1) is 0 Å². The summed E-state index contributed by atoms with van der Waals surface area (Å²) >= 11 is 6.13. The van der Waals surface area contributed by atoms with Crippen LogP contribution in [0.1, 0.15) is 10.4 Å². The molecule has 2 aromatic carbocycles. The minimum Gasteiger partial charge on any atom is -0.497 e. The number of methoxy groups -OCH3 is 1. The van der Waals surface area contributed by atoms with Gasteiger partial charge in [0.15, 0.2) is 5.75 Å². The zero-order valence-electron chi connectivity index (χ0n) is 15.4. The second kappa shape index (κ2) is 7.81. The van der Waals surface area contributed by atoms with E-state index in [1.165, 1.54) is 11.1 Å². The van der Waals surface area contributed by atoms with Crippen LogP contribution in [0.4, 0.5) is 11.4 Å². The van der Waals surface area contributed by atoms with E-state index in [1.807, 2.05) is 0 Å². The molecule has 2 amide bonds. The van der Waals surface area contributed by atoms with Crippen molar-refractivity contribution in [2.24, 2.45) is 0 Å². The van der Waals surface area contributed by atoms with Gasteiger partial charge in [-0.3, -0.25) is 14.5 Å². The number of ether oxygens (including phenoxy) is 2. The van der Waals surface area contributed by atoms with Crippen molar-refractivity contribution in [2.45, 2.75) is 0 Å². The van der Waals surface area contributed by atoms with Gasteiger partial charge in [-0.05, 0) is 42.5 Å². The number of nitrogens with one attached hydrogen (secondary N) is 1. The SMILES string of the molecule is COc1cccc(NC(=O)CN2C(=O)c3cccnc3Oc3ccc(Cl)cc32)c1. The van der Waals surface area contributed by atoms with Crippen molar-refractivity contribution in [3.63, 3.8) is 0 Å². The molecule has 4 rings (SSSR count). The maximum atomic E-state index is 13.2. The van der Waals surface area contributed by atoms with Gasteiger partial charge in [-0.2, -0.15) is 0 Å². The van der Waals surface area contributed by atoms with E-state index >= 15 is 0 Å². The fourth-order valence-corrected chi connectivity index (χ4v) is 3.15. The number of halogens is 1. The Morgan fingerprint density at radius 2 is 2.07 bits per heavy atom. The molecule has 0 aliphatic carbocycles. The molecule has 0 radical (unpaired) electrons. The topological polar surface area (TPSA) is 80.8 Å². The lowest BCUT2D eigenvalue weighted by Gasteiger charge is -2.21. The van der Waals surface area contributed by atoms with Crippen molar-refractivity contribution in [3.05, 3.63) is 71.4 Å². The lowest BCUT2D eigenvalue weighted by atomic mass is 10.2. The molecule has 29 heavy (non-hydrogen) atoms. The number of hydrogen-bond donors (Lipinski definition) is 1. The molecule has 7 nitrogen and oxygen atoms in total. The molecule has 0 saturated carbocycles. The van der Waals surface area contributed by atoms with E-state index in [0.717, 1.165) is 0 Å². The first kappa shape index (κ1) is 18.8. The fourth-order valence-electron chi connectivity index (χ4n) is 2.98. The summed E-state index contributed by atoms with van der Waals surface area (Å²) in [5, 5.41) is 3.19. The first-order chi connectivity index (χ1) is 14.0. The third-order valence-electron chi connectivity index (χ3n) is 4.32. The van der Waals surface area contributed by atoms with E-state index in [1.54, 1.807) is 61.7 Å². The predicted molar refractivity (Wildman–Crippen MR) is 109 cm³/mol. The van der Waals surface area contributed by atoms with Gasteiger partial charge in [-0.1, -0.05) is 17.7 Å². The molecule has 1 aromatic heterocycles. The van der Waals surface area contributed by atoms with E-state index in [4.69, 9.17) is 21.1 Å². The average molecular weight is 410 g/mol. The molecule has 1 aliphatic heterocycles. The lowest BCUT2D eigenvalue weighted by molar-refractivity contribution is -0.114. The molecule has 0 atom stereocenters. The Morgan fingerprint density at radius 3 is 2.90 bits per heavy atom. The molecule has 1 N–H and O–H groups in total. The van der Waals surface area contributed by atoms with Crippen molar-refractivity contribution in [1.29, 1.82) is 0 Å². The van der Waals surface area contributed by atoms with E-state index in [-0.39, 0.29) is 23.9 Å². The smallest absolute Gasteiger partial charge is 0.264 e. The second-order valence-corrected chi connectivity index (χ2v) is 6.68. The highest BCUT2D eigenvalue weighted by atomic mass is 35.5. The van der Waals surface area contributed by atoms with E-state index in [9.17, 15) is 9.59 Å². The van der Waals surface area contributed by atoms with Crippen LogP contribution < -0.4 is 19.7 Å². The molecule has 3 aromatic rings. The third kappa shape index (κ3) is 3.86. The summed E-state index contributed by atoms with van der Waals surface area (Å²) < 4.78 is 11.0. The average Bonchev–Trinajstić information content (AvgIpc) is 2.83. The van der Waals surface area contributed by atoms with Crippen molar-refractivity contribution in [1.82, 2.24) is 4.98 Å². The van der Waals surface area contributed by atoms with Crippen LogP contribution in [0.3, 0.4) is 0 Å². The van der Waals surface area contributed by atoms with Crippen molar-refractivity contribution >= 4 is 34.8 Å². The van der Waals surface area contributed by atoms with Gasteiger partial charge in [0.1, 0.15) is 17.9 Å². The quantitative estimate of drug-likeness (QED) is 0.700. The number of nitrogens with zero attached hydrogens (tertiary/aromatic N) is 2. The highest BCUT2D eigenvalue weighted by Crippen LogP contribution is 2.39. The van der Waals surface area contributed by atoms with Gasteiger partial charge in [0.05, 0.1) is 12.8 Å². The molecule has 0 saturated heterocycles. The molecule has 8 heteroatoms. The normalized spacial score (nSPS) is 12.3. The van der Waals surface area contributed by atoms with Gasteiger partial charge in [-0.25, -0.2) is 4.98 Å². The number of fused-ring (bicyclic) bond motifs is 2. The Kier molecular flexibility index (Phi) is 5.05. The number of carbonyl (C=O) groups is 2. The second-order valence-electron chi connectivity index (χ2n) is 6.24. The molecular weight excluding hydrogens is 394 g/mol. The molecule has 0 fully saturated rings. The van der Waals surface area contributed by atoms with E-state index < -0.39 is 5.91 Å². The molecule has 0 spiro atoms. The van der Waals surface area contributed by atoms with Crippen LogP contribution in [0.15, 0.2) is 60.8 Å².